The summed E-state index contributed by atoms with van der Waals surface area (Å²) in [7, 11) is 0. The molecule has 0 spiro atoms. The molecule has 0 heterocycles. The summed E-state index contributed by atoms with van der Waals surface area (Å²) in [5, 5.41) is 0. The molecule has 8 heteroatoms. The first-order valence-corrected chi connectivity index (χ1v) is 18.1. The fourth-order valence-corrected chi connectivity index (χ4v) is 6.74. The van der Waals surface area contributed by atoms with Crippen molar-refractivity contribution in [2.75, 3.05) is 0 Å². The van der Waals surface area contributed by atoms with Crippen molar-refractivity contribution in [1.82, 2.24) is 0 Å². The Bertz CT molecular complexity index is 525. The van der Waals surface area contributed by atoms with Gasteiger partial charge in [-0.05, 0) is 0 Å². The van der Waals surface area contributed by atoms with Crippen molar-refractivity contribution in [2.24, 2.45) is 0 Å². The second-order valence-electron chi connectivity index (χ2n) is 8.80. The Kier molecular flexibility index (Phi) is 25.0. The molecule has 0 rings (SSSR count). The number of unbranched alkanes of at least 4 members (excludes halogenated alkanes) is 5. The quantitative estimate of drug-likeness (QED) is 0.0868. The van der Waals surface area contributed by atoms with Gasteiger partial charge in [0.05, 0.1) is 0 Å². The molecule has 0 aliphatic rings. The number of hydrogen-bond donors (Lipinski definition) is 0. The average Bonchev–Trinajstić information content (AvgIpc) is 2.84. The van der Waals surface area contributed by atoms with Crippen molar-refractivity contribution in [3.05, 3.63) is 11.6 Å². The second kappa shape index (κ2) is 24.9. The van der Waals surface area contributed by atoms with E-state index in [-0.39, 0.29) is 12.2 Å². The van der Waals surface area contributed by atoms with E-state index in [1.54, 1.807) is 0 Å². The molecule has 0 aromatic rings. The standard InChI is InChI=1S/2C9H19O.C8H12O4.2Sn/c2*1-3-5-7-9(10)8-6-4-2;1-2-3-4-6(8(11)12)5-7(9)10;;/h2*9H,3-8H2,1-2H3;5H,2-4H2,1H3,(H,9,10)(H,11,12);;/q2*-1;;2*+2/p-2/b;;6-5-;;. The molecule has 0 amide bonds. The SMILES string of the molecule is CCCC/C(=C/C(=O)[O][Sn][O]C(CCCC)CCCC)C(=O)[O][Sn][O]C(CCCC)CCCC. The summed E-state index contributed by atoms with van der Waals surface area (Å²) in [6, 6.07) is 0. The molecule has 0 aliphatic heterocycles. The van der Waals surface area contributed by atoms with E-state index in [9.17, 15) is 9.59 Å². The van der Waals surface area contributed by atoms with E-state index in [1.165, 1.54) is 6.08 Å². The number of rotatable bonds is 23. The molecule has 0 unspecified atom stereocenters. The Morgan fingerprint density at radius 1 is 0.647 bits per heavy atom. The maximum absolute atomic E-state index is 12.7. The normalized spacial score (nSPS) is 11.9. The fraction of sp³-hybridized carbons (Fsp3) is 0.846. The number of hydrogen-bond acceptors (Lipinski definition) is 6. The van der Waals surface area contributed by atoms with Gasteiger partial charge in [-0.3, -0.25) is 0 Å². The van der Waals surface area contributed by atoms with Gasteiger partial charge in [-0.15, -0.1) is 0 Å². The van der Waals surface area contributed by atoms with Crippen molar-refractivity contribution in [1.29, 1.82) is 0 Å². The van der Waals surface area contributed by atoms with Gasteiger partial charge in [0.2, 0.25) is 0 Å². The van der Waals surface area contributed by atoms with E-state index < -0.39 is 55.9 Å². The molecule has 34 heavy (non-hydrogen) atoms. The van der Waals surface area contributed by atoms with E-state index in [0.29, 0.717) is 12.0 Å². The van der Waals surface area contributed by atoms with E-state index in [4.69, 9.17) is 12.3 Å². The van der Waals surface area contributed by atoms with Crippen molar-refractivity contribution in [3.63, 3.8) is 0 Å². The average molecular weight is 694 g/mol. The van der Waals surface area contributed by atoms with Gasteiger partial charge >= 0.3 is 233 Å². The molecule has 0 atom stereocenters. The third-order valence-corrected chi connectivity index (χ3v) is 9.61. The zero-order valence-corrected chi connectivity index (χ0v) is 28.0. The van der Waals surface area contributed by atoms with Crippen LogP contribution in [0.15, 0.2) is 11.6 Å². The molecule has 0 aliphatic carbocycles. The topological polar surface area (TPSA) is 71.1 Å². The zero-order valence-electron chi connectivity index (χ0n) is 22.3. The molecule has 0 N–H and O–H groups in total. The van der Waals surface area contributed by atoms with Gasteiger partial charge in [0.15, 0.2) is 0 Å². The summed E-state index contributed by atoms with van der Waals surface area (Å²) in [4.78, 5) is 25.0. The van der Waals surface area contributed by atoms with Gasteiger partial charge in [-0.25, -0.2) is 0 Å². The first-order valence-electron chi connectivity index (χ1n) is 13.5. The molecular formula is C26H48O6Sn2. The predicted octanol–water partition coefficient (Wildman–Crippen LogP) is 6.79. The van der Waals surface area contributed by atoms with Crippen molar-refractivity contribution >= 4 is 55.9 Å². The van der Waals surface area contributed by atoms with Gasteiger partial charge in [-0.2, -0.15) is 0 Å². The summed E-state index contributed by atoms with van der Waals surface area (Å²) < 4.78 is 22.9. The molecule has 0 aromatic heterocycles. The van der Waals surface area contributed by atoms with Gasteiger partial charge in [0.1, 0.15) is 0 Å². The number of carbonyl (C=O) groups is 2. The Morgan fingerprint density at radius 3 is 1.47 bits per heavy atom. The van der Waals surface area contributed by atoms with Crippen LogP contribution < -0.4 is 0 Å². The first kappa shape index (κ1) is 34.2. The van der Waals surface area contributed by atoms with Crippen LogP contribution in [-0.2, 0) is 21.9 Å². The summed E-state index contributed by atoms with van der Waals surface area (Å²) in [5.41, 5.74) is 0.392. The van der Waals surface area contributed by atoms with Crippen LogP contribution in [0.2, 0.25) is 0 Å². The molecule has 4 radical (unpaired) electrons. The molecule has 0 fully saturated rings. The van der Waals surface area contributed by atoms with E-state index in [1.807, 2.05) is 0 Å². The van der Waals surface area contributed by atoms with E-state index in [2.05, 4.69) is 34.6 Å². The molecule has 0 bridgehead atoms. The summed E-state index contributed by atoms with van der Waals surface area (Å²) in [6.45, 7) is 10.7. The van der Waals surface area contributed by atoms with Crippen LogP contribution in [0.25, 0.3) is 0 Å². The minimum atomic E-state index is -1.74. The van der Waals surface area contributed by atoms with Crippen LogP contribution in [0.5, 0.6) is 0 Å². The van der Waals surface area contributed by atoms with E-state index in [0.717, 1.165) is 89.9 Å². The summed E-state index contributed by atoms with van der Waals surface area (Å²) in [6.07, 6.45) is 17.1. The molecule has 6 nitrogen and oxygen atoms in total. The van der Waals surface area contributed by atoms with Crippen molar-refractivity contribution in [2.45, 2.75) is 143 Å². The maximum atomic E-state index is 12.7. The van der Waals surface area contributed by atoms with Gasteiger partial charge in [-0.1, -0.05) is 0 Å². The Hall–Kier alpha value is 0.197. The summed E-state index contributed by atoms with van der Waals surface area (Å²) in [5.74, 6) is -0.897. The third-order valence-electron chi connectivity index (χ3n) is 5.58. The first-order chi connectivity index (χ1) is 16.5. The monoisotopic (exact) mass is 696 g/mol. The Balaban J connectivity index is 4.72. The zero-order chi connectivity index (χ0) is 25.4. The third kappa shape index (κ3) is 19.4. The van der Waals surface area contributed by atoms with Crippen LogP contribution in [0, 0.1) is 0 Å². The van der Waals surface area contributed by atoms with Crippen LogP contribution in [0.4, 0.5) is 0 Å². The minimum absolute atomic E-state index is 0.185. The summed E-state index contributed by atoms with van der Waals surface area (Å²) >= 11 is -3.48. The molecular weight excluding hydrogens is 646 g/mol. The van der Waals surface area contributed by atoms with Crippen molar-refractivity contribution in [3.8, 4) is 0 Å². The molecule has 0 aromatic carbocycles. The molecule has 0 saturated carbocycles. The van der Waals surface area contributed by atoms with Gasteiger partial charge < -0.3 is 0 Å². The van der Waals surface area contributed by atoms with Crippen LogP contribution in [0.3, 0.4) is 0 Å². The van der Waals surface area contributed by atoms with Gasteiger partial charge in [0.25, 0.3) is 0 Å². The van der Waals surface area contributed by atoms with Crippen LogP contribution >= 0.6 is 0 Å². The number of carbonyl (C=O) groups excluding carboxylic acids is 2. The molecule has 196 valence electrons. The Morgan fingerprint density at radius 2 is 1.06 bits per heavy atom. The predicted molar refractivity (Wildman–Crippen MR) is 139 cm³/mol. The van der Waals surface area contributed by atoms with Crippen LogP contribution in [-0.4, -0.2) is 68.1 Å². The van der Waals surface area contributed by atoms with Gasteiger partial charge in [0, 0.05) is 0 Å². The fourth-order valence-electron chi connectivity index (χ4n) is 3.35. The van der Waals surface area contributed by atoms with E-state index >= 15 is 0 Å². The van der Waals surface area contributed by atoms with Crippen LogP contribution in [0.1, 0.15) is 131 Å². The second-order valence-corrected chi connectivity index (χ2v) is 12.3. The molecule has 0 saturated heterocycles. The Labute approximate surface area is 231 Å². The van der Waals surface area contributed by atoms with Crippen molar-refractivity contribution < 1.29 is 21.9 Å².